The van der Waals surface area contributed by atoms with E-state index in [1.807, 2.05) is 32.0 Å². The Morgan fingerprint density at radius 2 is 1.68 bits per heavy atom. The van der Waals surface area contributed by atoms with E-state index in [0.29, 0.717) is 17.8 Å². The van der Waals surface area contributed by atoms with Gasteiger partial charge in [-0.15, -0.1) is 0 Å². The van der Waals surface area contributed by atoms with Crippen LogP contribution in [0.3, 0.4) is 0 Å². The molecule has 0 radical (unpaired) electrons. The van der Waals surface area contributed by atoms with E-state index in [0.717, 1.165) is 36.1 Å². The minimum Gasteiger partial charge on any atom is -0.452 e. The van der Waals surface area contributed by atoms with Gasteiger partial charge in [0.15, 0.2) is 6.10 Å². The molecule has 168 valence electrons. The first-order valence-electron chi connectivity index (χ1n) is 11.6. The normalized spacial score (nSPS) is 29.3. The van der Waals surface area contributed by atoms with E-state index in [4.69, 9.17) is 4.74 Å². The number of esters is 1. The molecule has 6 heteroatoms. The van der Waals surface area contributed by atoms with Gasteiger partial charge in [0.2, 0.25) is 5.91 Å². The van der Waals surface area contributed by atoms with Crippen LogP contribution >= 0.6 is 0 Å². The molecule has 1 atom stereocenters. The highest BCUT2D eigenvalue weighted by atomic mass is 16.5. The van der Waals surface area contributed by atoms with Crippen molar-refractivity contribution >= 4 is 23.5 Å². The molecule has 0 saturated heterocycles. The first kappa shape index (κ1) is 21.8. The summed E-state index contributed by atoms with van der Waals surface area (Å²) < 4.78 is 5.28. The van der Waals surface area contributed by atoms with Crippen molar-refractivity contribution in [3.05, 3.63) is 29.3 Å². The fourth-order valence-corrected chi connectivity index (χ4v) is 6.27. The van der Waals surface area contributed by atoms with Gasteiger partial charge in [-0.25, -0.2) is 0 Å². The largest absolute Gasteiger partial charge is 0.452 e. The van der Waals surface area contributed by atoms with Crippen LogP contribution in [0.2, 0.25) is 0 Å². The van der Waals surface area contributed by atoms with Gasteiger partial charge in [-0.3, -0.25) is 14.4 Å². The third kappa shape index (κ3) is 4.78. The van der Waals surface area contributed by atoms with Gasteiger partial charge in [-0.2, -0.15) is 0 Å². The molecule has 2 amide bonds. The molecule has 5 rings (SSSR count). The number of hydrogen-bond acceptors (Lipinski definition) is 4. The van der Waals surface area contributed by atoms with E-state index in [1.54, 1.807) is 6.92 Å². The van der Waals surface area contributed by atoms with Crippen molar-refractivity contribution in [1.29, 1.82) is 0 Å². The molecule has 0 aliphatic heterocycles. The van der Waals surface area contributed by atoms with Gasteiger partial charge in [0, 0.05) is 17.6 Å². The maximum absolute atomic E-state index is 12.9. The molecule has 0 heterocycles. The molecule has 31 heavy (non-hydrogen) atoms. The summed E-state index contributed by atoms with van der Waals surface area (Å²) in [6, 6.07) is 5.81. The van der Waals surface area contributed by atoms with Gasteiger partial charge < -0.3 is 15.4 Å². The molecular formula is C25H34N2O4. The Labute approximate surface area is 184 Å². The minimum absolute atomic E-state index is 0.0686. The molecule has 4 aliphatic rings. The highest BCUT2D eigenvalue weighted by Gasteiger charge is 2.54. The third-order valence-electron chi connectivity index (χ3n) is 7.46. The summed E-state index contributed by atoms with van der Waals surface area (Å²) in [6.07, 6.45) is 6.06. The Bertz CT molecular complexity index is 843. The number of hydrogen-bond donors (Lipinski definition) is 2. The summed E-state index contributed by atoms with van der Waals surface area (Å²) in [6.45, 7) is 5.69. The second kappa shape index (κ2) is 8.64. The van der Waals surface area contributed by atoms with E-state index in [2.05, 4.69) is 10.6 Å². The zero-order chi connectivity index (χ0) is 22.2. The summed E-state index contributed by atoms with van der Waals surface area (Å²) in [4.78, 5) is 37.5. The first-order valence-corrected chi connectivity index (χ1v) is 11.6. The van der Waals surface area contributed by atoms with Crippen LogP contribution in [0.1, 0.15) is 63.0 Å². The summed E-state index contributed by atoms with van der Waals surface area (Å²) in [5, 5.41) is 5.81. The van der Waals surface area contributed by atoms with Gasteiger partial charge in [-0.1, -0.05) is 12.1 Å². The lowest BCUT2D eigenvalue weighted by Gasteiger charge is -2.55. The molecule has 4 fully saturated rings. The Morgan fingerprint density at radius 3 is 2.29 bits per heavy atom. The number of amides is 2. The standard InChI is InChI=1S/C25H34N2O4/c1-15-4-5-16(2)21(8-15)27-23(29)17(3)31-22(28)6-7-26-24(30)25-12-18-9-19(13-25)11-20(10-18)14-25/h4-5,8,17-20H,6-7,9-14H2,1-3H3,(H,26,30)(H,27,29)/t17-,18?,19?,20?,25?/m1/s1. The number of anilines is 1. The molecule has 1 aromatic rings. The molecule has 6 nitrogen and oxygen atoms in total. The number of aryl methyl sites for hydroxylation is 2. The van der Waals surface area contributed by atoms with Crippen LogP contribution in [0.15, 0.2) is 18.2 Å². The molecule has 4 bridgehead atoms. The Balaban J connectivity index is 1.21. The van der Waals surface area contributed by atoms with Crippen LogP contribution in [0.4, 0.5) is 5.69 Å². The van der Waals surface area contributed by atoms with Crippen molar-refractivity contribution in [1.82, 2.24) is 5.32 Å². The average molecular weight is 427 g/mol. The summed E-state index contributed by atoms with van der Waals surface area (Å²) in [5.74, 6) is 1.39. The van der Waals surface area contributed by atoms with E-state index in [-0.39, 0.29) is 30.2 Å². The van der Waals surface area contributed by atoms with Crippen molar-refractivity contribution in [2.45, 2.75) is 71.8 Å². The van der Waals surface area contributed by atoms with Crippen LogP contribution in [-0.4, -0.2) is 30.4 Å². The minimum atomic E-state index is -0.897. The lowest BCUT2D eigenvalue weighted by molar-refractivity contribution is -0.153. The van der Waals surface area contributed by atoms with E-state index in [9.17, 15) is 14.4 Å². The van der Waals surface area contributed by atoms with Crippen LogP contribution < -0.4 is 10.6 Å². The highest BCUT2D eigenvalue weighted by Crippen LogP contribution is 2.60. The third-order valence-corrected chi connectivity index (χ3v) is 7.46. The molecule has 0 aromatic heterocycles. The van der Waals surface area contributed by atoms with Crippen molar-refractivity contribution in [2.24, 2.45) is 23.2 Å². The van der Waals surface area contributed by atoms with E-state index >= 15 is 0 Å². The van der Waals surface area contributed by atoms with E-state index in [1.165, 1.54) is 19.3 Å². The fraction of sp³-hybridized carbons (Fsp3) is 0.640. The van der Waals surface area contributed by atoms with Crippen LogP contribution in [-0.2, 0) is 19.1 Å². The number of carbonyl (C=O) groups is 3. The molecular weight excluding hydrogens is 392 g/mol. The number of carbonyl (C=O) groups excluding carboxylic acids is 3. The van der Waals surface area contributed by atoms with Gasteiger partial charge in [0.25, 0.3) is 5.91 Å². The lowest BCUT2D eigenvalue weighted by Crippen LogP contribution is -2.53. The van der Waals surface area contributed by atoms with Gasteiger partial charge in [-0.05, 0) is 94.2 Å². The molecule has 4 saturated carbocycles. The van der Waals surface area contributed by atoms with Crippen LogP contribution in [0.5, 0.6) is 0 Å². The first-order chi connectivity index (χ1) is 14.7. The van der Waals surface area contributed by atoms with Crippen LogP contribution in [0, 0.1) is 37.0 Å². The Kier molecular flexibility index (Phi) is 6.09. The van der Waals surface area contributed by atoms with Gasteiger partial charge in [0.05, 0.1) is 6.42 Å². The number of ether oxygens (including phenoxy) is 1. The smallest absolute Gasteiger partial charge is 0.308 e. The van der Waals surface area contributed by atoms with Crippen molar-refractivity contribution in [2.75, 3.05) is 11.9 Å². The van der Waals surface area contributed by atoms with Crippen molar-refractivity contribution in [3.63, 3.8) is 0 Å². The molecule has 4 aliphatic carbocycles. The monoisotopic (exact) mass is 426 g/mol. The van der Waals surface area contributed by atoms with Crippen molar-refractivity contribution < 1.29 is 19.1 Å². The second-order valence-electron chi connectivity index (χ2n) is 10.1. The average Bonchev–Trinajstić information content (AvgIpc) is 2.69. The summed E-state index contributed by atoms with van der Waals surface area (Å²) in [7, 11) is 0. The van der Waals surface area contributed by atoms with Gasteiger partial charge in [0.1, 0.15) is 0 Å². The number of benzene rings is 1. The molecule has 1 aromatic carbocycles. The van der Waals surface area contributed by atoms with Gasteiger partial charge >= 0.3 is 5.97 Å². The topological polar surface area (TPSA) is 84.5 Å². The fourth-order valence-electron chi connectivity index (χ4n) is 6.27. The molecule has 0 unspecified atom stereocenters. The maximum atomic E-state index is 12.9. The summed E-state index contributed by atoms with van der Waals surface area (Å²) in [5.41, 5.74) is 2.50. The summed E-state index contributed by atoms with van der Waals surface area (Å²) >= 11 is 0. The predicted molar refractivity (Wildman–Crippen MR) is 118 cm³/mol. The lowest BCUT2D eigenvalue weighted by atomic mass is 9.49. The SMILES string of the molecule is Cc1ccc(C)c(NC(=O)[C@@H](C)OC(=O)CCNC(=O)C23CC4CC(CC(C4)C2)C3)c1. The molecule has 0 spiro atoms. The number of nitrogens with one attached hydrogen (secondary N) is 2. The quantitative estimate of drug-likeness (QED) is 0.648. The zero-order valence-electron chi connectivity index (χ0n) is 18.8. The maximum Gasteiger partial charge on any atom is 0.308 e. The Morgan fingerprint density at radius 1 is 1.06 bits per heavy atom. The highest BCUT2D eigenvalue weighted by molar-refractivity contribution is 5.95. The zero-order valence-corrected chi connectivity index (χ0v) is 18.8. The predicted octanol–water partition coefficient (Wildman–Crippen LogP) is 3.90. The number of rotatable bonds is 7. The van der Waals surface area contributed by atoms with Crippen molar-refractivity contribution in [3.8, 4) is 0 Å². The Hall–Kier alpha value is -2.37. The van der Waals surface area contributed by atoms with Crippen LogP contribution in [0.25, 0.3) is 0 Å². The second-order valence-corrected chi connectivity index (χ2v) is 10.1. The molecule has 2 N–H and O–H groups in total. The van der Waals surface area contributed by atoms with E-state index < -0.39 is 12.1 Å².